The first-order valence-corrected chi connectivity index (χ1v) is 10.1. The zero-order chi connectivity index (χ0) is 19.2. The SMILES string of the molecule is CC[C@H](C)c1ccc(NC(=O)CSc2nnc(C)n2-c2ccccc2)cc1. The van der Waals surface area contributed by atoms with E-state index in [1.807, 2.05) is 54.0 Å². The fourth-order valence-electron chi connectivity index (χ4n) is 2.77. The van der Waals surface area contributed by atoms with Gasteiger partial charge in [-0.3, -0.25) is 9.36 Å². The van der Waals surface area contributed by atoms with Crippen molar-refractivity contribution in [3.8, 4) is 5.69 Å². The number of aryl methyl sites for hydroxylation is 1. The summed E-state index contributed by atoms with van der Waals surface area (Å²) in [4.78, 5) is 12.3. The van der Waals surface area contributed by atoms with Crippen molar-refractivity contribution in [2.24, 2.45) is 0 Å². The average molecular weight is 381 g/mol. The highest BCUT2D eigenvalue weighted by Gasteiger charge is 2.13. The monoisotopic (exact) mass is 380 g/mol. The van der Waals surface area contributed by atoms with Crippen molar-refractivity contribution in [1.29, 1.82) is 0 Å². The number of para-hydroxylation sites is 1. The lowest BCUT2D eigenvalue weighted by Gasteiger charge is -2.11. The van der Waals surface area contributed by atoms with Gasteiger partial charge in [0.1, 0.15) is 5.82 Å². The molecule has 1 heterocycles. The van der Waals surface area contributed by atoms with Gasteiger partial charge in [0.25, 0.3) is 0 Å². The maximum atomic E-state index is 12.3. The average Bonchev–Trinajstić information content (AvgIpc) is 3.07. The van der Waals surface area contributed by atoms with Crippen LogP contribution < -0.4 is 5.32 Å². The van der Waals surface area contributed by atoms with Gasteiger partial charge in [-0.15, -0.1) is 10.2 Å². The molecule has 5 nitrogen and oxygen atoms in total. The lowest BCUT2D eigenvalue weighted by Crippen LogP contribution is -2.14. The summed E-state index contributed by atoms with van der Waals surface area (Å²) in [6.07, 6.45) is 1.10. The van der Waals surface area contributed by atoms with Gasteiger partial charge in [-0.2, -0.15) is 0 Å². The Labute approximate surface area is 164 Å². The van der Waals surface area contributed by atoms with E-state index in [2.05, 4.69) is 41.5 Å². The van der Waals surface area contributed by atoms with Crippen molar-refractivity contribution >= 4 is 23.4 Å². The standard InChI is InChI=1S/C21H24N4OS/c1-4-15(2)17-10-12-18(13-11-17)22-20(26)14-27-21-24-23-16(3)25(21)19-8-6-5-7-9-19/h5-13,15H,4,14H2,1-3H3,(H,22,26)/t15-/m0/s1. The quantitative estimate of drug-likeness (QED) is 0.597. The second-order valence-corrected chi connectivity index (χ2v) is 7.41. The van der Waals surface area contributed by atoms with Crippen LogP contribution in [-0.2, 0) is 4.79 Å². The number of benzene rings is 2. The van der Waals surface area contributed by atoms with Crippen LogP contribution >= 0.6 is 11.8 Å². The summed E-state index contributed by atoms with van der Waals surface area (Å²) in [5.41, 5.74) is 3.09. The van der Waals surface area contributed by atoms with E-state index in [9.17, 15) is 4.79 Å². The van der Waals surface area contributed by atoms with Crippen LogP contribution in [0, 0.1) is 6.92 Å². The van der Waals surface area contributed by atoms with Gasteiger partial charge in [0, 0.05) is 11.4 Å². The van der Waals surface area contributed by atoms with Gasteiger partial charge < -0.3 is 5.32 Å². The molecule has 1 aromatic heterocycles. The van der Waals surface area contributed by atoms with Crippen LogP contribution in [0.4, 0.5) is 5.69 Å². The van der Waals surface area contributed by atoms with Crippen molar-refractivity contribution in [1.82, 2.24) is 14.8 Å². The molecule has 0 aliphatic carbocycles. The minimum Gasteiger partial charge on any atom is -0.325 e. The minimum absolute atomic E-state index is 0.0587. The second-order valence-electron chi connectivity index (χ2n) is 6.47. The summed E-state index contributed by atoms with van der Waals surface area (Å²) < 4.78 is 1.96. The van der Waals surface area contributed by atoms with Crippen LogP contribution in [0.1, 0.15) is 37.6 Å². The van der Waals surface area contributed by atoms with E-state index < -0.39 is 0 Å². The van der Waals surface area contributed by atoms with Gasteiger partial charge in [-0.1, -0.05) is 55.9 Å². The van der Waals surface area contributed by atoms with Crippen LogP contribution in [0.3, 0.4) is 0 Å². The summed E-state index contributed by atoms with van der Waals surface area (Å²) in [7, 11) is 0. The van der Waals surface area contributed by atoms with E-state index in [0.29, 0.717) is 11.1 Å². The smallest absolute Gasteiger partial charge is 0.234 e. The molecule has 0 radical (unpaired) electrons. The number of thioether (sulfide) groups is 1. The first-order chi connectivity index (χ1) is 13.1. The number of carbonyl (C=O) groups excluding carboxylic acids is 1. The van der Waals surface area contributed by atoms with Crippen molar-refractivity contribution in [2.45, 2.75) is 38.3 Å². The van der Waals surface area contributed by atoms with Crippen LogP contribution in [-0.4, -0.2) is 26.4 Å². The predicted molar refractivity (Wildman–Crippen MR) is 111 cm³/mol. The molecule has 1 atom stereocenters. The molecular formula is C21H24N4OS. The summed E-state index contributed by atoms with van der Waals surface area (Å²) >= 11 is 1.38. The first kappa shape index (κ1) is 19.2. The van der Waals surface area contributed by atoms with Gasteiger partial charge in [-0.25, -0.2) is 0 Å². The number of hydrogen-bond donors (Lipinski definition) is 1. The third kappa shape index (κ3) is 4.77. The molecule has 0 unspecified atom stereocenters. The maximum absolute atomic E-state index is 12.3. The molecule has 3 rings (SSSR count). The van der Waals surface area contributed by atoms with Crippen molar-refractivity contribution in [3.05, 3.63) is 66.0 Å². The molecule has 0 saturated carbocycles. The Hall–Kier alpha value is -2.60. The second kappa shape index (κ2) is 8.86. The van der Waals surface area contributed by atoms with E-state index in [-0.39, 0.29) is 11.7 Å². The van der Waals surface area contributed by atoms with Gasteiger partial charge in [-0.05, 0) is 49.1 Å². The molecule has 6 heteroatoms. The van der Waals surface area contributed by atoms with Crippen molar-refractivity contribution in [2.75, 3.05) is 11.1 Å². The Morgan fingerprint density at radius 3 is 2.48 bits per heavy atom. The molecule has 0 bridgehead atoms. The Morgan fingerprint density at radius 2 is 1.81 bits per heavy atom. The Balaban J connectivity index is 1.62. The molecule has 1 amide bonds. The van der Waals surface area contributed by atoms with Gasteiger partial charge >= 0.3 is 0 Å². The molecule has 140 valence electrons. The fraction of sp³-hybridized carbons (Fsp3) is 0.286. The van der Waals surface area contributed by atoms with E-state index >= 15 is 0 Å². The summed E-state index contributed by atoms with van der Waals surface area (Å²) in [5.74, 6) is 1.54. The highest BCUT2D eigenvalue weighted by Crippen LogP contribution is 2.23. The Kier molecular flexibility index (Phi) is 6.29. The number of nitrogens with one attached hydrogen (secondary N) is 1. The lowest BCUT2D eigenvalue weighted by molar-refractivity contribution is -0.113. The number of hydrogen-bond acceptors (Lipinski definition) is 4. The predicted octanol–water partition coefficient (Wildman–Crippen LogP) is 4.82. The number of aromatic nitrogens is 3. The molecule has 1 N–H and O–H groups in total. The van der Waals surface area contributed by atoms with Crippen LogP contribution in [0.2, 0.25) is 0 Å². The molecular weight excluding hydrogens is 356 g/mol. The summed E-state index contributed by atoms with van der Waals surface area (Å²) in [6, 6.07) is 18.0. The third-order valence-corrected chi connectivity index (χ3v) is 5.45. The molecule has 2 aromatic carbocycles. The minimum atomic E-state index is -0.0587. The van der Waals surface area contributed by atoms with Crippen LogP contribution in [0.15, 0.2) is 59.8 Å². The van der Waals surface area contributed by atoms with Crippen LogP contribution in [0.5, 0.6) is 0 Å². The Morgan fingerprint density at radius 1 is 1.11 bits per heavy atom. The summed E-state index contributed by atoms with van der Waals surface area (Å²) in [5, 5.41) is 12.0. The zero-order valence-corrected chi connectivity index (χ0v) is 16.7. The topological polar surface area (TPSA) is 59.8 Å². The third-order valence-electron chi connectivity index (χ3n) is 4.52. The zero-order valence-electron chi connectivity index (χ0n) is 15.8. The molecule has 0 aliphatic heterocycles. The highest BCUT2D eigenvalue weighted by atomic mass is 32.2. The molecule has 0 aliphatic rings. The number of amides is 1. The van der Waals surface area contributed by atoms with E-state index in [1.165, 1.54) is 17.3 Å². The van der Waals surface area contributed by atoms with Crippen molar-refractivity contribution < 1.29 is 4.79 Å². The lowest BCUT2D eigenvalue weighted by atomic mass is 9.99. The van der Waals surface area contributed by atoms with Gasteiger partial charge in [0.15, 0.2) is 5.16 Å². The van der Waals surface area contributed by atoms with Gasteiger partial charge in [0.2, 0.25) is 5.91 Å². The number of rotatable bonds is 7. The number of anilines is 1. The number of nitrogens with zero attached hydrogens (tertiary/aromatic N) is 3. The molecule has 27 heavy (non-hydrogen) atoms. The molecule has 0 saturated heterocycles. The molecule has 0 spiro atoms. The van der Waals surface area contributed by atoms with Crippen molar-refractivity contribution in [3.63, 3.8) is 0 Å². The summed E-state index contributed by atoms with van der Waals surface area (Å²) in [6.45, 7) is 6.28. The largest absolute Gasteiger partial charge is 0.325 e. The maximum Gasteiger partial charge on any atom is 0.234 e. The fourth-order valence-corrected chi connectivity index (χ4v) is 3.57. The Bertz CT molecular complexity index is 890. The van der Waals surface area contributed by atoms with Gasteiger partial charge in [0.05, 0.1) is 5.75 Å². The first-order valence-electron chi connectivity index (χ1n) is 9.08. The van der Waals surface area contributed by atoms with Crippen LogP contribution in [0.25, 0.3) is 5.69 Å². The van der Waals surface area contributed by atoms with E-state index in [4.69, 9.17) is 0 Å². The number of carbonyl (C=O) groups is 1. The molecule has 0 fully saturated rings. The highest BCUT2D eigenvalue weighted by molar-refractivity contribution is 7.99. The normalized spacial score (nSPS) is 12.0. The van der Waals surface area contributed by atoms with E-state index in [0.717, 1.165) is 23.6 Å². The van der Waals surface area contributed by atoms with E-state index in [1.54, 1.807) is 0 Å². The molecule has 3 aromatic rings.